The zero-order chi connectivity index (χ0) is 17.2. The van der Waals surface area contributed by atoms with Gasteiger partial charge in [0.15, 0.2) is 0 Å². The highest BCUT2D eigenvalue weighted by Crippen LogP contribution is 2.29. The lowest BCUT2D eigenvalue weighted by Gasteiger charge is -2.31. The maximum absolute atomic E-state index is 13.0. The first-order valence-electron chi connectivity index (χ1n) is 7.90. The Kier molecular flexibility index (Phi) is 5.46. The predicted molar refractivity (Wildman–Crippen MR) is 88.9 cm³/mol. The third kappa shape index (κ3) is 4.32. The van der Waals surface area contributed by atoms with Crippen LogP contribution in [0.1, 0.15) is 25.3 Å². The summed E-state index contributed by atoms with van der Waals surface area (Å²) in [5, 5.41) is 7.46. The van der Waals surface area contributed by atoms with Gasteiger partial charge in [0.2, 0.25) is 5.91 Å². The van der Waals surface area contributed by atoms with Crippen molar-refractivity contribution in [3.8, 4) is 0 Å². The van der Waals surface area contributed by atoms with Crippen molar-refractivity contribution >= 4 is 15.7 Å². The standard InChI is InChI=1S/C15H26N4O3S/c1-5-19(11(2)10-23(4,21)22)15(20)14-8-16-7-13(14)12-6-17-18(3)9-12/h6,9,11,13-14,16H,5,7-8,10H2,1-4H3/t11?,13-,14+/m1/s1. The minimum atomic E-state index is -3.12. The Bertz CT molecular complexity index is 655. The van der Waals surface area contributed by atoms with E-state index in [-0.39, 0.29) is 29.5 Å². The molecule has 0 radical (unpaired) electrons. The maximum Gasteiger partial charge on any atom is 0.227 e. The first-order chi connectivity index (χ1) is 10.7. The van der Waals surface area contributed by atoms with Crippen LogP contribution in [0.2, 0.25) is 0 Å². The molecule has 2 rings (SSSR count). The van der Waals surface area contributed by atoms with Crippen LogP contribution in [0.5, 0.6) is 0 Å². The lowest BCUT2D eigenvalue weighted by molar-refractivity contribution is -0.136. The monoisotopic (exact) mass is 342 g/mol. The minimum absolute atomic E-state index is 0.00964. The summed E-state index contributed by atoms with van der Waals surface area (Å²) in [7, 11) is -1.26. The second-order valence-electron chi connectivity index (χ2n) is 6.38. The third-order valence-electron chi connectivity index (χ3n) is 4.38. The second-order valence-corrected chi connectivity index (χ2v) is 8.57. The maximum atomic E-state index is 13.0. The molecule has 0 spiro atoms. The van der Waals surface area contributed by atoms with Gasteiger partial charge in [-0.15, -0.1) is 0 Å². The van der Waals surface area contributed by atoms with E-state index in [0.717, 1.165) is 12.1 Å². The van der Waals surface area contributed by atoms with Crippen molar-refractivity contribution in [3.05, 3.63) is 18.0 Å². The molecule has 0 bridgehead atoms. The van der Waals surface area contributed by atoms with Crippen LogP contribution in [0.3, 0.4) is 0 Å². The molecule has 1 aliphatic heterocycles. The molecule has 1 unspecified atom stereocenters. The summed E-state index contributed by atoms with van der Waals surface area (Å²) < 4.78 is 24.8. The van der Waals surface area contributed by atoms with Gasteiger partial charge in [-0.2, -0.15) is 5.10 Å². The predicted octanol–water partition coefficient (Wildman–Crippen LogP) is 0.00470. The Morgan fingerprint density at radius 2 is 2.22 bits per heavy atom. The van der Waals surface area contributed by atoms with Crippen molar-refractivity contribution in [3.63, 3.8) is 0 Å². The molecule has 2 heterocycles. The largest absolute Gasteiger partial charge is 0.339 e. The number of aromatic nitrogens is 2. The highest BCUT2D eigenvalue weighted by Gasteiger charge is 2.38. The summed E-state index contributed by atoms with van der Waals surface area (Å²) in [6.45, 7) is 5.54. The molecule has 23 heavy (non-hydrogen) atoms. The van der Waals surface area contributed by atoms with E-state index in [0.29, 0.717) is 13.1 Å². The van der Waals surface area contributed by atoms with E-state index in [2.05, 4.69) is 10.4 Å². The zero-order valence-corrected chi connectivity index (χ0v) is 15.0. The van der Waals surface area contributed by atoms with Crippen molar-refractivity contribution in [2.45, 2.75) is 25.8 Å². The summed E-state index contributed by atoms with van der Waals surface area (Å²) in [5.74, 6) is -0.0936. The Hall–Kier alpha value is -1.41. The number of hydrogen-bond donors (Lipinski definition) is 1. The number of nitrogens with one attached hydrogen (secondary N) is 1. The SMILES string of the molecule is CCN(C(=O)[C@H]1CNC[C@@H]1c1cnn(C)c1)C(C)CS(C)(=O)=O. The Labute approximate surface area is 138 Å². The van der Waals surface area contributed by atoms with Crippen molar-refractivity contribution in [2.24, 2.45) is 13.0 Å². The lowest BCUT2D eigenvalue weighted by Crippen LogP contribution is -2.46. The molecule has 0 aliphatic carbocycles. The van der Waals surface area contributed by atoms with Crippen LogP contribution in [0.25, 0.3) is 0 Å². The van der Waals surface area contributed by atoms with Crippen LogP contribution in [0.15, 0.2) is 12.4 Å². The van der Waals surface area contributed by atoms with Crippen molar-refractivity contribution in [2.75, 3.05) is 31.6 Å². The Morgan fingerprint density at radius 3 is 2.74 bits per heavy atom. The molecule has 1 saturated heterocycles. The van der Waals surface area contributed by atoms with Gasteiger partial charge in [-0.1, -0.05) is 0 Å². The molecule has 0 saturated carbocycles. The van der Waals surface area contributed by atoms with E-state index in [1.165, 1.54) is 6.26 Å². The molecule has 1 fully saturated rings. The molecule has 1 N–H and O–H groups in total. The van der Waals surface area contributed by atoms with Gasteiger partial charge in [0, 0.05) is 51.1 Å². The molecular weight excluding hydrogens is 316 g/mol. The number of amides is 1. The highest BCUT2D eigenvalue weighted by atomic mass is 32.2. The molecule has 7 nitrogen and oxygen atoms in total. The Morgan fingerprint density at radius 1 is 1.52 bits per heavy atom. The normalized spacial score (nSPS) is 23.0. The number of carbonyl (C=O) groups excluding carboxylic acids is 1. The van der Waals surface area contributed by atoms with Crippen LogP contribution in [0, 0.1) is 5.92 Å². The number of nitrogens with zero attached hydrogens (tertiary/aromatic N) is 3. The molecule has 1 amide bonds. The van der Waals surface area contributed by atoms with Gasteiger partial charge in [-0.05, 0) is 19.4 Å². The average Bonchev–Trinajstić information content (AvgIpc) is 3.05. The smallest absolute Gasteiger partial charge is 0.227 e. The van der Waals surface area contributed by atoms with Gasteiger partial charge in [0.25, 0.3) is 0 Å². The van der Waals surface area contributed by atoms with Crippen molar-refractivity contribution in [1.82, 2.24) is 20.0 Å². The number of aryl methyl sites for hydroxylation is 1. The van der Waals surface area contributed by atoms with Gasteiger partial charge in [0.1, 0.15) is 9.84 Å². The fraction of sp³-hybridized carbons (Fsp3) is 0.733. The minimum Gasteiger partial charge on any atom is -0.339 e. The van der Waals surface area contributed by atoms with Gasteiger partial charge in [-0.25, -0.2) is 8.42 Å². The van der Waals surface area contributed by atoms with Gasteiger partial charge in [0.05, 0.1) is 17.9 Å². The summed E-state index contributed by atoms with van der Waals surface area (Å²) in [6, 6.07) is -0.322. The van der Waals surface area contributed by atoms with Crippen LogP contribution < -0.4 is 5.32 Å². The first kappa shape index (κ1) is 17.9. The first-order valence-corrected chi connectivity index (χ1v) is 9.96. The van der Waals surface area contributed by atoms with E-state index < -0.39 is 9.84 Å². The number of rotatable bonds is 6. The molecule has 3 atom stereocenters. The molecule has 1 aromatic heterocycles. The van der Waals surface area contributed by atoms with Gasteiger partial charge < -0.3 is 10.2 Å². The van der Waals surface area contributed by atoms with Gasteiger partial charge in [-0.3, -0.25) is 9.48 Å². The van der Waals surface area contributed by atoms with E-state index in [4.69, 9.17) is 0 Å². The van der Waals surface area contributed by atoms with Gasteiger partial charge >= 0.3 is 0 Å². The summed E-state index contributed by atoms with van der Waals surface area (Å²) in [4.78, 5) is 14.6. The van der Waals surface area contributed by atoms with Crippen molar-refractivity contribution in [1.29, 1.82) is 0 Å². The van der Waals surface area contributed by atoms with Crippen LogP contribution in [-0.4, -0.2) is 66.7 Å². The van der Waals surface area contributed by atoms with Crippen molar-refractivity contribution < 1.29 is 13.2 Å². The van der Waals surface area contributed by atoms with Crippen LogP contribution >= 0.6 is 0 Å². The summed E-state index contributed by atoms with van der Waals surface area (Å²) >= 11 is 0. The third-order valence-corrected chi connectivity index (χ3v) is 5.47. The molecule has 1 aromatic rings. The summed E-state index contributed by atoms with van der Waals surface area (Å²) in [5.41, 5.74) is 1.04. The van der Waals surface area contributed by atoms with Crippen LogP contribution in [-0.2, 0) is 21.7 Å². The fourth-order valence-corrected chi connectivity index (χ4v) is 4.40. The molecule has 1 aliphatic rings. The van der Waals surface area contributed by atoms with E-state index in [1.807, 2.05) is 20.2 Å². The number of hydrogen-bond acceptors (Lipinski definition) is 5. The average molecular weight is 342 g/mol. The fourth-order valence-electron chi connectivity index (χ4n) is 3.35. The molecule has 130 valence electrons. The molecular formula is C15H26N4O3S. The topological polar surface area (TPSA) is 84.3 Å². The lowest BCUT2D eigenvalue weighted by atomic mass is 9.89. The Balaban J connectivity index is 2.16. The molecule has 8 heteroatoms. The number of carbonyl (C=O) groups is 1. The summed E-state index contributed by atoms with van der Waals surface area (Å²) in [6.07, 6.45) is 4.94. The van der Waals surface area contributed by atoms with Crippen LogP contribution in [0.4, 0.5) is 0 Å². The zero-order valence-electron chi connectivity index (χ0n) is 14.2. The van der Waals surface area contributed by atoms with E-state index in [1.54, 1.807) is 22.7 Å². The molecule has 0 aromatic carbocycles. The second kappa shape index (κ2) is 7.00. The quantitative estimate of drug-likeness (QED) is 0.787. The van der Waals surface area contributed by atoms with E-state index in [9.17, 15) is 13.2 Å². The number of sulfone groups is 1. The highest BCUT2D eigenvalue weighted by molar-refractivity contribution is 7.90. The van der Waals surface area contributed by atoms with E-state index >= 15 is 0 Å².